The van der Waals surface area contributed by atoms with E-state index in [1.54, 1.807) is 18.2 Å². The zero-order valence-electron chi connectivity index (χ0n) is 15.9. The van der Waals surface area contributed by atoms with Gasteiger partial charge in [0.15, 0.2) is 9.84 Å². The average Bonchev–Trinajstić information content (AvgIpc) is 3.24. The lowest BCUT2D eigenvalue weighted by molar-refractivity contribution is 0.122. The highest BCUT2D eigenvalue weighted by atomic mass is 32.2. The van der Waals surface area contributed by atoms with Crippen LogP contribution >= 0.6 is 0 Å². The summed E-state index contributed by atoms with van der Waals surface area (Å²) in [6, 6.07) is 9.18. The van der Waals surface area contributed by atoms with Crippen LogP contribution in [-0.4, -0.2) is 58.2 Å². The van der Waals surface area contributed by atoms with Gasteiger partial charge in [-0.3, -0.25) is 0 Å². The lowest BCUT2D eigenvalue weighted by atomic mass is 10.0. The Morgan fingerprint density at radius 1 is 1.11 bits per heavy atom. The lowest BCUT2D eigenvalue weighted by Gasteiger charge is -2.30. The predicted octanol–water partition coefficient (Wildman–Crippen LogP) is 2.04. The van der Waals surface area contributed by atoms with E-state index in [0.717, 1.165) is 35.6 Å². The van der Waals surface area contributed by atoms with Crippen molar-refractivity contribution in [2.75, 3.05) is 50.2 Å². The summed E-state index contributed by atoms with van der Waals surface area (Å²) in [5.41, 5.74) is 9.15. The van der Waals surface area contributed by atoms with Crippen LogP contribution in [-0.2, 0) is 19.3 Å². The Morgan fingerprint density at radius 2 is 1.89 bits per heavy atom. The zero-order chi connectivity index (χ0) is 19.7. The molecule has 2 aromatic rings. The van der Waals surface area contributed by atoms with E-state index in [4.69, 9.17) is 15.2 Å². The van der Waals surface area contributed by atoms with Gasteiger partial charge in [0.05, 0.1) is 30.0 Å². The molecule has 2 N–H and O–H groups in total. The number of rotatable bonds is 4. The Balaban J connectivity index is 1.83. The molecular weight excluding hydrogens is 378 g/mol. The van der Waals surface area contributed by atoms with Gasteiger partial charge in [0, 0.05) is 36.6 Å². The second kappa shape index (κ2) is 7.69. The van der Waals surface area contributed by atoms with Crippen LogP contribution in [0.4, 0.5) is 11.5 Å². The maximum Gasteiger partial charge on any atom is 0.183 e. The van der Waals surface area contributed by atoms with Gasteiger partial charge < -0.3 is 20.1 Å². The molecule has 4 rings (SSSR count). The topological polar surface area (TPSA) is 94.7 Å². The van der Waals surface area contributed by atoms with Gasteiger partial charge in [0.1, 0.15) is 5.82 Å². The van der Waals surface area contributed by atoms with Gasteiger partial charge in [-0.15, -0.1) is 0 Å². The number of nitrogens with zero attached hydrogens (tertiary/aromatic N) is 2. The monoisotopic (exact) mass is 403 g/mol. The van der Waals surface area contributed by atoms with Crippen LogP contribution in [0.1, 0.15) is 12.1 Å². The van der Waals surface area contributed by atoms with Crippen molar-refractivity contribution in [1.29, 1.82) is 0 Å². The summed E-state index contributed by atoms with van der Waals surface area (Å²) in [5.74, 6) is 0.446. The first-order valence-corrected chi connectivity index (χ1v) is 11.0. The standard InChI is InChI=1S/C20H25N3O4S/c1-14-19(2-3-20(21)22-14)15-10-16(23-5-8-26-9-6-23)12-18(11-15)28(24,25)17-4-7-27-13-17/h2-3,10-12,17H,4-9,13H2,1H3,(H2,21,22)/t17-/m1/s1. The molecule has 150 valence electrons. The molecule has 2 aliphatic heterocycles. The van der Waals surface area contributed by atoms with Crippen molar-refractivity contribution in [2.45, 2.75) is 23.5 Å². The number of aromatic nitrogens is 1. The molecule has 2 aliphatic rings. The molecule has 1 atom stereocenters. The number of ether oxygens (including phenoxy) is 2. The van der Waals surface area contributed by atoms with Crippen LogP contribution in [0.5, 0.6) is 0 Å². The van der Waals surface area contributed by atoms with Crippen molar-refractivity contribution in [3.8, 4) is 11.1 Å². The number of nitrogens with two attached hydrogens (primary N) is 1. The maximum atomic E-state index is 13.2. The fourth-order valence-electron chi connectivity index (χ4n) is 3.74. The fraction of sp³-hybridized carbons (Fsp3) is 0.450. The van der Waals surface area contributed by atoms with Crippen LogP contribution in [0.15, 0.2) is 35.2 Å². The normalized spacial score (nSPS) is 20.5. The Hall–Kier alpha value is -2.16. The van der Waals surface area contributed by atoms with Crippen molar-refractivity contribution < 1.29 is 17.9 Å². The second-order valence-corrected chi connectivity index (χ2v) is 9.44. The number of sulfone groups is 1. The summed E-state index contributed by atoms with van der Waals surface area (Å²) in [6.07, 6.45) is 0.530. The number of nitrogen functional groups attached to an aromatic ring is 1. The van der Waals surface area contributed by atoms with Gasteiger partial charge >= 0.3 is 0 Å². The first kappa shape index (κ1) is 19.2. The number of morpholine rings is 1. The lowest BCUT2D eigenvalue weighted by Crippen LogP contribution is -2.36. The minimum atomic E-state index is -3.48. The number of hydrogen-bond acceptors (Lipinski definition) is 7. The van der Waals surface area contributed by atoms with E-state index in [-0.39, 0.29) is 6.61 Å². The van der Waals surface area contributed by atoms with Crippen LogP contribution in [0.2, 0.25) is 0 Å². The summed E-state index contributed by atoms with van der Waals surface area (Å²) < 4.78 is 37.2. The quantitative estimate of drug-likeness (QED) is 0.835. The largest absolute Gasteiger partial charge is 0.384 e. The van der Waals surface area contributed by atoms with Crippen molar-refractivity contribution in [2.24, 2.45) is 0 Å². The van der Waals surface area contributed by atoms with E-state index in [2.05, 4.69) is 9.88 Å². The van der Waals surface area contributed by atoms with Crippen LogP contribution in [0.25, 0.3) is 11.1 Å². The number of anilines is 2. The highest BCUT2D eigenvalue weighted by Crippen LogP contribution is 2.33. The fourth-order valence-corrected chi connectivity index (χ4v) is 5.39. The molecule has 0 radical (unpaired) electrons. The molecule has 0 bridgehead atoms. The van der Waals surface area contributed by atoms with Gasteiger partial charge in [-0.1, -0.05) is 0 Å². The first-order chi connectivity index (χ1) is 13.4. The SMILES string of the molecule is Cc1nc(N)ccc1-c1cc(N2CCOCC2)cc(S(=O)(=O)[C@@H]2CCOC2)c1. The third-order valence-corrected chi connectivity index (χ3v) is 7.48. The molecule has 1 aromatic heterocycles. The van der Waals surface area contributed by atoms with Crippen molar-refractivity contribution in [3.05, 3.63) is 36.0 Å². The van der Waals surface area contributed by atoms with E-state index < -0.39 is 15.1 Å². The van der Waals surface area contributed by atoms with Crippen LogP contribution < -0.4 is 10.6 Å². The van der Waals surface area contributed by atoms with E-state index in [1.807, 2.05) is 19.1 Å². The molecular formula is C20H25N3O4S. The van der Waals surface area contributed by atoms with Gasteiger partial charge in [0.25, 0.3) is 0 Å². The number of benzene rings is 1. The number of hydrogen-bond donors (Lipinski definition) is 1. The summed E-state index contributed by atoms with van der Waals surface area (Å²) in [4.78, 5) is 6.83. The minimum absolute atomic E-state index is 0.252. The molecule has 0 spiro atoms. The zero-order valence-corrected chi connectivity index (χ0v) is 16.7. The van der Waals surface area contributed by atoms with Crippen molar-refractivity contribution in [1.82, 2.24) is 4.98 Å². The Labute approximate surface area is 165 Å². The summed E-state index contributed by atoms with van der Waals surface area (Å²) >= 11 is 0. The second-order valence-electron chi connectivity index (χ2n) is 7.21. The Bertz CT molecular complexity index is 965. The molecule has 2 fully saturated rings. The molecule has 8 heteroatoms. The van der Waals surface area contributed by atoms with E-state index in [9.17, 15) is 8.42 Å². The molecule has 0 amide bonds. The molecule has 0 saturated carbocycles. The highest BCUT2D eigenvalue weighted by molar-refractivity contribution is 7.92. The first-order valence-electron chi connectivity index (χ1n) is 9.48. The molecule has 1 aromatic carbocycles. The summed E-state index contributed by atoms with van der Waals surface area (Å²) in [7, 11) is -3.48. The maximum absolute atomic E-state index is 13.2. The van der Waals surface area contributed by atoms with Crippen molar-refractivity contribution >= 4 is 21.3 Å². The average molecular weight is 404 g/mol. The van der Waals surface area contributed by atoms with Crippen molar-refractivity contribution in [3.63, 3.8) is 0 Å². The molecule has 7 nitrogen and oxygen atoms in total. The highest BCUT2D eigenvalue weighted by Gasteiger charge is 2.32. The number of aryl methyl sites for hydroxylation is 1. The summed E-state index contributed by atoms with van der Waals surface area (Å²) in [5, 5.41) is -0.495. The predicted molar refractivity (Wildman–Crippen MR) is 108 cm³/mol. The van der Waals surface area contributed by atoms with Crippen LogP contribution in [0.3, 0.4) is 0 Å². The van der Waals surface area contributed by atoms with Gasteiger partial charge in [0.2, 0.25) is 0 Å². The van der Waals surface area contributed by atoms with Gasteiger partial charge in [-0.25, -0.2) is 13.4 Å². The Morgan fingerprint density at radius 3 is 2.57 bits per heavy atom. The van der Waals surface area contributed by atoms with E-state index in [0.29, 0.717) is 37.0 Å². The molecule has 28 heavy (non-hydrogen) atoms. The van der Waals surface area contributed by atoms with E-state index >= 15 is 0 Å². The third kappa shape index (κ3) is 3.72. The third-order valence-electron chi connectivity index (χ3n) is 5.34. The van der Waals surface area contributed by atoms with E-state index in [1.165, 1.54) is 0 Å². The molecule has 0 unspecified atom stereocenters. The van der Waals surface area contributed by atoms with Gasteiger partial charge in [-0.2, -0.15) is 0 Å². The van der Waals surface area contributed by atoms with Gasteiger partial charge in [-0.05, 0) is 49.2 Å². The Kier molecular flexibility index (Phi) is 5.27. The minimum Gasteiger partial charge on any atom is -0.384 e. The summed E-state index contributed by atoms with van der Waals surface area (Å²) in [6.45, 7) is 5.34. The molecule has 3 heterocycles. The smallest absolute Gasteiger partial charge is 0.183 e. The number of pyridine rings is 1. The van der Waals surface area contributed by atoms with Crippen LogP contribution in [0, 0.1) is 6.92 Å². The molecule has 0 aliphatic carbocycles. The molecule has 2 saturated heterocycles.